The quantitative estimate of drug-likeness (QED) is 0.731. The van der Waals surface area contributed by atoms with Gasteiger partial charge >= 0.3 is 0 Å². The Hall–Kier alpha value is -1.06. The number of alkyl halides is 1. The maximum atomic E-state index is 6.09. The highest BCUT2D eigenvalue weighted by Crippen LogP contribution is 2.26. The number of aromatic nitrogens is 1. The molecule has 0 aliphatic rings. The Bertz CT molecular complexity index is 613. The van der Waals surface area contributed by atoms with Crippen LogP contribution in [0.3, 0.4) is 0 Å². The van der Waals surface area contributed by atoms with Crippen LogP contribution in [0.15, 0.2) is 34.8 Å². The van der Waals surface area contributed by atoms with Crippen LogP contribution in [0, 0.1) is 13.8 Å². The predicted octanol–water partition coefficient (Wildman–Crippen LogP) is 4.84. The normalized spacial score (nSPS) is 10.7. The second kappa shape index (κ2) is 6.59. The van der Waals surface area contributed by atoms with Crippen molar-refractivity contribution in [3.8, 4) is 0 Å². The first-order chi connectivity index (χ1) is 9.52. The highest BCUT2D eigenvalue weighted by Gasteiger charge is 2.13. The summed E-state index contributed by atoms with van der Waals surface area (Å²) in [5.74, 6) is 1.45. The molecule has 1 heterocycles. The predicted molar refractivity (Wildman–Crippen MR) is 89.5 cm³/mol. The third-order valence-electron chi connectivity index (χ3n) is 3.31. The van der Waals surface area contributed by atoms with Crippen molar-refractivity contribution in [3.05, 3.63) is 57.2 Å². The van der Waals surface area contributed by atoms with Gasteiger partial charge in [0, 0.05) is 29.3 Å². The molecule has 0 bridgehead atoms. The van der Waals surface area contributed by atoms with Gasteiger partial charge in [0.25, 0.3) is 0 Å². The van der Waals surface area contributed by atoms with E-state index in [9.17, 15) is 0 Å². The topological polar surface area (TPSA) is 16.1 Å². The summed E-state index contributed by atoms with van der Waals surface area (Å²) in [6.07, 6.45) is 0. The van der Waals surface area contributed by atoms with Crippen LogP contribution in [0.2, 0.25) is 0 Å². The number of rotatable bonds is 4. The lowest BCUT2D eigenvalue weighted by Gasteiger charge is -2.23. The molecule has 0 spiro atoms. The van der Waals surface area contributed by atoms with Crippen molar-refractivity contribution in [3.63, 3.8) is 0 Å². The second-order valence-corrected chi connectivity index (χ2v) is 6.09. The summed E-state index contributed by atoms with van der Waals surface area (Å²) >= 11 is 9.68. The first-order valence-electron chi connectivity index (χ1n) is 6.50. The van der Waals surface area contributed by atoms with E-state index in [4.69, 9.17) is 11.6 Å². The van der Waals surface area contributed by atoms with E-state index in [1.165, 1.54) is 11.1 Å². The van der Waals surface area contributed by atoms with E-state index < -0.39 is 0 Å². The van der Waals surface area contributed by atoms with Gasteiger partial charge in [-0.1, -0.05) is 34.1 Å². The molecular formula is C16H18BrClN2. The lowest BCUT2D eigenvalue weighted by atomic mass is 10.1. The van der Waals surface area contributed by atoms with E-state index in [2.05, 4.69) is 58.0 Å². The zero-order valence-corrected chi connectivity index (χ0v) is 14.3. The van der Waals surface area contributed by atoms with Crippen molar-refractivity contribution in [2.75, 3.05) is 11.9 Å². The molecule has 1 aromatic carbocycles. The Morgan fingerprint density at radius 3 is 2.60 bits per heavy atom. The highest BCUT2D eigenvalue weighted by molar-refractivity contribution is 9.10. The number of aryl methyl sites for hydroxylation is 2. The molecule has 20 heavy (non-hydrogen) atoms. The van der Waals surface area contributed by atoms with E-state index in [1.54, 1.807) is 0 Å². The molecule has 0 aliphatic heterocycles. The van der Waals surface area contributed by atoms with Gasteiger partial charge in [-0.2, -0.15) is 0 Å². The van der Waals surface area contributed by atoms with Crippen LogP contribution in [0.4, 0.5) is 5.82 Å². The Balaban J connectivity index is 2.34. The lowest BCUT2D eigenvalue weighted by molar-refractivity contribution is 0.876. The van der Waals surface area contributed by atoms with E-state index in [-0.39, 0.29) is 0 Å². The SMILES string of the molecule is Cc1cc(C)c(CCl)c(N(C)Cc2ccccc2Br)n1. The summed E-state index contributed by atoms with van der Waals surface area (Å²) in [6, 6.07) is 10.3. The summed E-state index contributed by atoms with van der Waals surface area (Å²) in [4.78, 5) is 6.81. The average molecular weight is 354 g/mol. The van der Waals surface area contributed by atoms with Crippen molar-refractivity contribution >= 4 is 33.3 Å². The van der Waals surface area contributed by atoms with Gasteiger partial charge in [-0.15, -0.1) is 11.6 Å². The van der Waals surface area contributed by atoms with Crippen molar-refractivity contribution < 1.29 is 0 Å². The molecule has 0 N–H and O–H groups in total. The minimum Gasteiger partial charge on any atom is -0.355 e. The van der Waals surface area contributed by atoms with Crippen molar-refractivity contribution in [2.24, 2.45) is 0 Å². The summed E-state index contributed by atoms with van der Waals surface area (Å²) in [6.45, 7) is 4.89. The summed E-state index contributed by atoms with van der Waals surface area (Å²) in [5, 5.41) is 0. The standard InChI is InChI=1S/C16H18BrClN2/c1-11-8-12(2)19-16(14(11)9-18)20(3)10-13-6-4-5-7-15(13)17/h4-8H,9-10H2,1-3H3. The molecule has 0 saturated carbocycles. The fraction of sp³-hybridized carbons (Fsp3) is 0.312. The van der Waals surface area contributed by atoms with E-state index >= 15 is 0 Å². The lowest BCUT2D eigenvalue weighted by Crippen LogP contribution is -2.20. The zero-order chi connectivity index (χ0) is 14.7. The van der Waals surface area contributed by atoms with Gasteiger partial charge < -0.3 is 4.90 Å². The molecule has 0 atom stereocenters. The third kappa shape index (κ3) is 3.33. The zero-order valence-electron chi connectivity index (χ0n) is 12.0. The molecule has 4 heteroatoms. The van der Waals surface area contributed by atoms with Gasteiger partial charge in [0.1, 0.15) is 5.82 Å². The monoisotopic (exact) mass is 352 g/mol. The smallest absolute Gasteiger partial charge is 0.133 e. The van der Waals surface area contributed by atoms with Gasteiger partial charge in [-0.05, 0) is 37.1 Å². The fourth-order valence-corrected chi connectivity index (χ4v) is 3.02. The fourth-order valence-electron chi connectivity index (χ4n) is 2.28. The maximum Gasteiger partial charge on any atom is 0.133 e. The molecule has 0 amide bonds. The van der Waals surface area contributed by atoms with Gasteiger partial charge in [-0.3, -0.25) is 0 Å². The maximum absolute atomic E-state index is 6.09. The number of halogens is 2. The Morgan fingerprint density at radius 1 is 1.25 bits per heavy atom. The van der Waals surface area contributed by atoms with Crippen molar-refractivity contribution in [1.82, 2.24) is 4.98 Å². The number of pyridine rings is 1. The molecule has 0 aliphatic carbocycles. The largest absolute Gasteiger partial charge is 0.355 e. The minimum atomic E-state index is 0.481. The molecular weight excluding hydrogens is 336 g/mol. The molecule has 1 aromatic heterocycles. The Morgan fingerprint density at radius 2 is 1.95 bits per heavy atom. The first-order valence-corrected chi connectivity index (χ1v) is 7.83. The van der Waals surface area contributed by atoms with Gasteiger partial charge in [0.15, 0.2) is 0 Å². The third-order valence-corrected chi connectivity index (χ3v) is 4.36. The van der Waals surface area contributed by atoms with E-state index in [0.29, 0.717) is 5.88 Å². The van der Waals surface area contributed by atoms with Gasteiger partial charge in [-0.25, -0.2) is 4.98 Å². The van der Waals surface area contributed by atoms with Crippen LogP contribution in [0.1, 0.15) is 22.4 Å². The Labute approximate surface area is 133 Å². The number of hydrogen-bond acceptors (Lipinski definition) is 2. The van der Waals surface area contributed by atoms with Gasteiger partial charge in [0.05, 0.1) is 5.88 Å². The molecule has 0 radical (unpaired) electrons. The van der Waals surface area contributed by atoms with Crippen LogP contribution >= 0.6 is 27.5 Å². The highest BCUT2D eigenvalue weighted by atomic mass is 79.9. The van der Waals surface area contributed by atoms with Crippen LogP contribution in [0.5, 0.6) is 0 Å². The average Bonchev–Trinajstić information content (AvgIpc) is 2.40. The van der Waals surface area contributed by atoms with Crippen LogP contribution in [-0.2, 0) is 12.4 Å². The summed E-state index contributed by atoms with van der Waals surface area (Å²) in [5.41, 5.74) is 4.55. The number of hydrogen-bond donors (Lipinski definition) is 0. The van der Waals surface area contributed by atoms with Crippen molar-refractivity contribution in [2.45, 2.75) is 26.3 Å². The van der Waals surface area contributed by atoms with Crippen LogP contribution in [-0.4, -0.2) is 12.0 Å². The van der Waals surface area contributed by atoms with Gasteiger partial charge in [0.2, 0.25) is 0 Å². The molecule has 2 aromatic rings. The second-order valence-electron chi connectivity index (χ2n) is 4.96. The van der Waals surface area contributed by atoms with E-state index in [0.717, 1.165) is 28.1 Å². The first kappa shape index (κ1) is 15.3. The molecule has 106 valence electrons. The Kier molecular flexibility index (Phi) is 5.06. The van der Waals surface area contributed by atoms with Crippen LogP contribution < -0.4 is 4.90 Å². The summed E-state index contributed by atoms with van der Waals surface area (Å²) in [7, 11) is 2.05. The molecule has 0 unspecified atom stereocenters. The summed E-state index contributed by atoms with van der Waals surface area (Å²) < 4.78 is 1.11. The minimum absolute atomic E-state index is 0.481. The number of anilines is 1. The molecule has 0 fully saturated rings. The molecule has 2 nitrogen and oxygen atoms in total. The number of nitrogens with zero attached hydrogens (tertiary/aromatic N) is 2. The molecule has 2 rings (SSSR count). The van der Waals surface area contributed by atoms with Crippen LogP contribution in [0.25, 0.3) is 0 Å². The number of benzene rings is 1. The van der Waals surface area contributed by atoms with Crippen molar-refractivity contribution in [1.29, 1.82) is 0 Å². The molecule has 0 saturated heterocycles. The van der Waals surface area contributed by atoms with E-state index in [1.807, 2.05) is 19.1 Å².